The number of nitrogens with zero attached hydrogens (tertiary/aromatic N) is 3. The molecule has 3 aromatic carbocycles. The number of carbonyl (C=O) groups excluding carboxylic acids is 2. The molecular formula is C27H26Cl2FN3O2. The lowest BCUT2D eigenvalue weighted by atomic mass is 10.1. The van der Waals surface area contributed by atoms with E-state index in [9.17, 15) is 14.0 Å². The average Bonchev–Trinajstić information content (AvgIpc) is 2.87. The van der Waals surface area contributed by atoms with E-state index < -0.39 is 0 Å². The summed E-state index contributed by atoms with van der Waals surface area (Å²) in [5.41, 5.74) is 1.87. The zero-order valence-corrected chi connectivity index (χ0v) is 20.7. The van der Waals surface area contributed by atoms with Crippen LogP contribution in [0, 0.1) is 5.82 Å². The fraction of sp³-hybridized carbons (Fsp3) is 0.259. The number of hydrogen-bond donors (Lipinski definition) is 0. The molecule has 0 radical (unpaired) electrons. The molecule has 1 heterocycles. The highest BCUT2D eigenvalue weighted by Crippen LogP contribution is 2.19. The van der Waals surface area contributed by atoms with E-state index in [4.69, 9.17) is 23.2 Å². The zero-order chi connectivity index (χ0) is 24.8. The van der Waals surface area contributed by atoms with Gasteiger partial charge in [0.1, 0.15) is 5.82 Å². The molecule has 8 heteroatoms. The Hall–Kier alpha value is -2.93. The van der Waals surface area contributed by atoms with Gasteiger partial charge in [-0.2, -0.15) is 0 Å². The summed E-state index contributed by atoms with van der Waals surface area (Å²) in [6.45, 7) is 4.08. The first kappa shape index (κ1) is 25.2. The van der Waals surface area contributed by atoms with Gasteiger partial charge in [-0.05, 0) is 48.0 Å². The summed E-state index contributed by atoms with van der Waals surface area (Å²) in [7, 11) is 0. The van der Waals surface area contributed by atoms with Gasteiger partial charge in [0.25, 0.3) is 11.8 Å². The Kier molecular flexibility index (Phi) is 8.39. The molecule has 4 rings (SSSR count). The minimum absolute atomic E-state index is 0.0654. The minimum atomic E-state index is -0.314. The third-order valence-electron chi connectivity index (χ3n) is 6.10. The summed E-state index contributed by atoms with van der Waals surface area (Å²) in [5.74, 6) is -0.514. The molecule has 35 heavy (non-hydrogen) atoms. The van der Waals surface area contributed by atoms with Crippen molar-refractivity contribution >= 4 is 35.0 Å². The Labute approximate surface area is 214 Å². The SMILES string of the molecule is O=C(c1cccc(Cl)c1)N(CCN1CCN(C(=O)c2ccccc2Cl)CC1)Cc1ccc(F)cc1. The Morgan fingerprint density at radius 2 is 1.60 bits per heavy atom. The second-order valence-corrected chi connectivity index (χ2v) is 9.32. The molecule has 1 aliphatic rings. The average molecular weight is 514 g/mol. The number of hydrogen-bond acceptors (Lipinski definition) is 3. The molecule has 2 amide bonds. The van der Waals surface area contributed by atoms with E-state index in [0.29, 0.717) is 67.0 Å². The van der Waals surface area contributed by atoms with Crippen LogP contribution in [-0.4, -0.2) is 65.8 Å². The van der Waals surface area contributed by atoms with E-state index in [1.54, 1.807) is 59.5 Å². The van der Waals surface area contributed by atoms with Crippen LogP contribution in [0.25, 0.3) is 0 Å². The van der Waals surface area contributed by atoms with Gasteiger partial charge in [-0.1, -0.05) is 53.5 Å². The van der Waals surface area contributed by atoms with Crippen molar-refractivity contribution in [2.45, 2.75) is 6.54 Å². The van der Waals surface area contributed by atoms with Crippen LogP contribution in [0.2, 0.25) is 10.0 Å². The van der Waals surface area contributed by atoms with Crippen molar-refractivity contribution in [1.29, 1.82) is 0 Å². The molecule has 0 bridgehead atoms. The van der Waals surface area contributed by atoms with Gasteiger partial charge in [-0.25, -0.2) is 4.39 Å². The predicted octanol–water partition coefficient (Wildman–Crippen LogP) is 5.23. The predicted molar refractivity (Wildman–Crippen MR) is 136 cm³/mol. The van der Waals surface area contributed by atoms with Crippen LogP contribution in [-0.2, 0) is 6.54 Å². The monoisotopic (exact) mass is 513 g/mol. The molecule has 1 fully saturated rings. The Morgan fingerprint density at radius 3 is 2.29 bits per heavy atom. The molecule has 1 aliphatic heterocycles. The standard InChI is InChI=1S/C27H26Cl2FN3O2/c28-22-5-3-4-21(18-22)26(34)33(19-20-8-10-23(30)11-9-20)17-14-31-12-15-32(16-13-31)27(35)24-6-1-2-7-25(24)29/h1-11,18H,12-17,19H2. The van der Waals surface area contributed by atoms with Crippen LogP contribution < -0.4 is 0 Å². The highest BCUT2D eigenvalue weighted by atomic mass is 35.5. The third kappa shape index (κ3) is 6.60. The normalized spacial score (nSPS) is 14.1. The quantitative estimate of drug-likeness (QED) is 0.434. The molecule has 182 valence electrons. The zero-order valence-electron chi connectivity index (χ0n) is 19.2. The third-order valence-corrected chi connectivity index (χ3v) is 6.66. The molecule has 0 N–H and O–H groups in total. The summed E-state index contributed by atoms with van der Waals surface area (Å²) in [6.07, 6.45) is 0. The Bertz CT molecular complexity index is 1180. The highest BCUT2D eigenvalue weighted by molar-refractivity contribution is 6.33. The molecule has 0 atom stereocenters. The maximum absolute atomic E-state index is 13.4. The van der Waals surface area contributed by atoms with Gasteiger partial charge < -0.3 is 9.80 Å². The van der Waals surface area contributed by atoms with Gasteiger partial charge in [0.2, 0.25) is 0 Å². The van der Waals surface area contributed by atoms with E-state index in [0.717, 1.165) is 5.56 Å². The van der Waals surface area contributed by atoms with Gasteiger partial charge in [0.15, 0.2) is 0 Å². The van der Waals surface area contributed by atoms with Gasteiger partial charge in [-0.3, -0.25) is 14.5 Å². The summed E-state index contributed by atoms with van der Waals surface area (Å²) < 4.78 is 13.4. The molecule has 3 aromatic rings. The van der Waals surface area contributed by atoms with Crippen molar-refractivity contribution in [3.63, 3.8) is 0 Å². The first-order chi connectivity index (χ1) is 16.9. The molecular weight excluding hydrogens is 488 g/mol. The van der Waals surface area contributed by atoms with Gasteiger partial charge >= 0.3 is 0 Å². The van der Waals surface area contributed by atoms with Crippen LogP contribution in [0.1, 0.15) is 26.3 Å². The largest absolute Gasteiger partial charge is 0.336 e. The van der Waals surface area contributed by atoms with E-state index in [1.807, 2.05) is 11.0 Å². The molecule has 0 unspecified atom stereocenters. The fourth-order valence-corrected chi connectivity index (χ4v) is 4.52. The number of rotatable bonds is 7. The smallest absolute Gasteiger partial charge is 0.255 e. The number of halogens is 3. The summed E-state index contributed by atoms with van der Waals surface area (Å²) in [6, 6.07) is 20.1. The van der Waals surface area contributed by atoms with E-state index in [1.165, 1.54) is 12.1 Å². The topological polar surface area (TPSA) is 43.9 Å². The second kappa shape index (κ2) is 11.7. The van der Waals surface area contributed by atoms with Gasteiger partial charge in [0.05, 0.1) is 10.6 Å². The Balaban J connectivity index is 1.38. The number of benzene rings is 3. The first-order valence-corrected chi connectivity index (χ1v) is 12.2. The lowest BCUT2D eigenvalue weighted by Crippen LogP contribution is -2.50. The number of carbonyl (C=O) groups is 2. The maximum atomic E-state index is 13.4. The summed E-state index contributed by atoms with van der Waals surface area (Å²) in [5, 5.41) is 0.952. The molecule has 0 aromatic heterocycles. The van der Waals surface area contributed by atoms with Crippen molar-refractivity contribution < 1.29 is 14.0 Å². The van der Waals surface area contributed by atoms with Crippen LogP contribution in [0.3, 0.4) is 0 Å². The van der Waals surface area contributed by atoms with Crippen LogP contribution in [0.4, 0.5) is 4.39 Å². The van der Waals surface area contributed by atoms with Crippen LogP contribution in [0.5, 0.6) is 0 Å². The number of amides is 2. The van der Waals surface area contributed by atoms with Crippen LogP contribution >= 0.6 is 23.2 Å². The maximum Gasteiger partial charge on any atom is 0.255 e. The van der Waals surface area contributed by atoms with Gasteiger partial charge in [0, 0.05) is 56.4 Å². The van der Waals surface area contributed by atoms with Gasteiger partial charge in [-0.15, -0.1) is 0 Å². The summed E-state index contributed by atoms with van der Waals surface area (Å²) >= 11 is 12.3. The summed E-state index contributed by atoms with van der Waals surface area (Å²) in [4.78, 5) is 31.9. The van der Waals surface area contributed by atoms with E-state index >= 15 is 0 Å². The highest BCUT2D eigenvalue weighted by Gasteiger charge is 2.24. The lowest BCUT2D eigenvalue weighted by Gasteiger charge is -2.36. The Morgan fingerprint density at radius 1 is 0.886 bits per heavy atom. The van der Waals surface area contributed by atoms with Crippen molar-refractivity contribution in [2.75, 3.05) is 39.3 Å². The minimum Gasteiger partial charge on any atom is -0.336 e. The molecule has 0 saturated carbocycles. The first-order valence-electron chi connectivity index (χ1n) is 11.5. The van der Waals surface area contributed by atoms with Crippen molar-refractivity contribution in [3.8, 4) is 0 Å². The molecule has 0 aliphatic carbocycles. The molecule has 5 nitrogen and oxygen atoms in total. The van der Waals surface area contributed by atoms with E-state index in [-0.39, 0.29) is 17.6 Å². The van der Waals surface area contributed by atoms with Crippen molar-refractivity contribution in [1.82, 2.24) is 14.7 Å². The van der Waals surface area contributed by atoms with Crippen LogP contribution in [0.15, 0.2) is 72.8 Å². The lowest BCUT2D eigenvalue weighted by molar-refractivity contribution is 0.0599. The number of piperazine rings is 1. The van der Waals surface area contributed by atoms with E-state index in [2.05, 4.69) is 4.90 Å². The molecule has 1 saturated heterocycles. The molecule has 0 spiro atoms. The second-order valence-electron chi connectivity index (χ2n) is 8.48. The fourth-order valence-electron chi connectivity index (χ4n) is 4.11. The van der Waals surface area contributed by atoms with Crippen molar-refractivity contribution in [3.05, 3.63) is 105 Å². The van der Waals surface area contributed by atoms with Crippen molar-refractivity contribution in [2.24, 2.45) is 0 Å².